The molecule has 0 saturated heterocycles. The number of aromatic nitrogens is 1. The lowest BCUT2D eigenvalue weighted by molar-refractivity contribution is 0.0601. The Morgan fingerprint density at radius 1 is 1.15 bits per heavy atom. The fourth-order valence-corrected chi connectivity index (χ4v) is 3.65. The predicted molar refractivity (Wildman–Crippen MR) is 123 cm³/mol. The van der Waals surface area contributed by atoms with E-state index in [0.717, 1.165) is 16.7 Å². The first kappa shape index (κ1) is 21.2. The fourth-order valence-electron chi connectivity index (χ4n) is 3.65. The van der Waals surface area contributed by atoms with Crippen LogP contribution in [0.3, 0.4) is 0 Å². The molecule has 162 valence electrons. The number of hydrogen-bond acceptors (Lipinski definition) is 10. The molecule has 2 aromatic carbocycles. The van der Waals surface area contributed by atoms with Crippen molar-refractivity contribution in [1.29, 1.82) is 10.5 Å². The number of nitrogen functional groups attached to an aromatic ring is 2. The number of nitrogens with two attached hydrogens (primary N) is 2. The van der Waals surface area contributed by atoms with Crippen LogP contribution in [0.2, 0.25) is 0 Å². The minimum Gasteiger partial charge on any atom is -0.465 e. The molecule has 1 unspecified atom stereocenters. The molecule has 6 N–H and O–H groups in total. The molecule has 3 aromatic rings. The third-order valence-corrected chi connectivity index (χ3v) is 5.18. The van der Waals surface area contributed by atoms with Gasteiger partial charge < -0.3 is 21.5 Å². The van der Waals surface area contributed by atoms with Crippen molar-refractivity contribution in [2.75, 3.05) is 23.9 Å². The highest BCUT2D eigenvalue weighted by Crippen LogP contribution is 2.41. The maximum Gasteiger partial charge on any atom is 0.337 e. The van der Waals surface area contributed by atoms with Crippen molar-refractivity contribution in [2.24, 2.45) is 4.99 Å². The van der Waals surface area contributed by atoms with Gasteiger partial charge in [0.15, 0.2) is 6.19 Å². The molecular formula is C23H18N8O2. The SMILES string of the molecule is COC(=O)c1cccc(-c2cccc(C3N=C(NC#N)Nc4nc(N)c(C#N)c(N)c43)c2)c1. The van der Waals surface area contributed by atoms with E-state index in [0.29, 0.717) is 16.9 Å². The van der Waals surface area contributed by atoms with E-state index in [2.05, 4.69) is 20.6 Å². The van der Waals surface area contributed by atoms with Gasteiger partial charge in [-0.05, 0) is 34.9 Å². The van der Waals surface area contributed by atoms with Crippen molar-refractivity contribution < 1.29 is 9.53 Å². The van der Waals surface area contributed by atoms with Crippen LogP contribution in [0.5, 0.6) is 0 Å². The number of esters is 1. The lowest BCUT2D eigenvalue weighted by Crippen LogP contribution is -2.32. The number of methoxy groups -OCH3 is 1. The van der Waals surface area contributed by atoms with Crippen LogP contribution in [-0.2, 0) is 4.74 Å². The summed E-state index contributed by atoms with van der Waals surface area (Å²) in [7, 11) is 1.33. The van der Waals surface area contributed by atoms with Gasteiger partial charge in [-0.1, -0.05) is 30.3 Å². The van der Waals surface area contributed by atoms with E-state index in [1.165, 1.54) is 7.11 Å². The molecule has 1 aromatic heterocycles. The van der Waals surface area contributed by atoms with Crippen LogP contribution in [0.1, 0.15) is 33.1 Å². The molecule has 1 aliphatic heterocycles. The summed E-state index contributed by atoms with van der Waals surface area (Å²) < 4.78 is 4.81. The van der Waals surface area contributed by atoms with E-state index < -0.39 is 12.0 Å². The normalized spacial score (nSPS) is 14.0. The zero-order valence-electron chi connectivity index (χ0n) is 17.5. The second kappa shape index (κ2) is 8.57. The highest BCUT2D eigenvalue weighted by molar-refractivity contribution is 5.98. The van der Waals surface area contributed by atoms with Gasteiger partial charge in [-0.3, -0.25) is 5.32 Å². The van der Waals surface area contributed by atoms with Crippen LogP contribution in [0.4, 0.5) is 17.3 Å². The summed E-state index contributed by atoms with van der Waals surface area (Å²) >= 11 is 0. The van der Waals surface area contributed by atoms with Gasteiger partial charge in [0.05, 0.1) is 18.4 Å². The number of carbonyl (C=O) groups is 1. The average molecular weight is 438 g/mol. The van der Waals surface area contributed by atoms with Crippen molar-refractivity contribution in [2.45, 2.75) is 6.04 Å². The van der Waals surface area contributed by atoms with Crippen LogP contribution in [-0.4, -0.2) is 24.0 Å². The molecule has 0 amide bonds. The summed E-state index contributed by atoms with van der Waals surface area (Å²) in [5.74, 6) is 0.0214. The Morgan fingerprint density at radius 3 is 2.58 bits per heavy atom. The number of nitriles is 2. The Kier molecular flexibility index (Phi) is 5.49. The van der Waals surface area contributed by atoms with Crippen LogP contribution in [0, 0.1) is 22.8 Å². The van der Waals surface area contributed by atoms with E-state index in [9.17, 15) is 10.1 Å². The van der Waals surface area contributed by atoms with Crippen molar-refractivity contribution in [3.8, 4) is 23.4 Å². The maximum absolute atomic E-state index is 11.9. The summed E-state index contributed by atoms with van der Waals surface area (Å²) in [5.41, 5.74) is 15.7. The van der Waals surface area contributed by atoms with Gasteiger partial charge in [0.2, 0.25) is 5.96 Å². The third-order valence-electron chi connectivity index (χ3n) is 5.18. The molecule has 0 saturated carbocycles. The molecule has 0 spiro atoms. The summed E-state index contributed by atoms with van der Waals surface area (Å²) in [4.78, 5) is 20.8. The Morgan fingerprint density at radius 2 is 1.88 bits per heavy atom. The number of guanidine groups is 1. The van der Waals surface area contributed by atoms with E-state index >= 15 is 0 Å². The van der Waals surface area contributed by atoms with Crippen LogP contribution in [0.15, 0.2) is 53.5 Å². The molecule has 0 fully saturated rings. The predicted octanol–water partition coefficient (Wildman–Crippen LogP) is 2.51. The van der Waals surface area contributed by atoms with Crippen LogP contribution < -0.4 is 22.1 Å². The lowest BCUT2D eigenvalue weighted by atomic mass is 9.92. The number of pyridine rings is 1. The second-order valence-corrected chi connectivity index (χ2v) is 7.10. The van der Waals surface area contributed by atoms with Crippen molar-refractivity contribution in [3.63, 3.8) is 0 Å². The molecule has 0 bridgehead atoms. The summed E-state index contributed by atoms with van der Waals surface area (Å²) in [6, 6.07) is 15.8. The first-order valence-electron chi connectivity index (χ1n) is 9.74. The second-order valence-electron chi connectivity index (χ2n) is 7.10. The molecule has 1 atom stereocenters. The Balaban J connectivity index is 1.86. The number of anilines is 3. The molecule has 2 heterocycles. The first-order valence-corrected chi connectivity index (χ1v) is 9.74. The van der Waals surface area contributed by atoms with Gasteiger partial charge in [0.1, 0.15) is 29.3 Å². The molecule has 0 aliphatic carbocycles. The Labute approximate surface area is 189 Å². The number of aliphatic imine (C=N–C) groups is 1. The lowest BCUT2D eigenvalue weighted by Gasteiger charge is -2.26. The first-order chi connectivity index (χ1) is 16.0. The number of rotatable bonds is 3. The van der Waals surface area contributed by atoms with Crippen LogP contribution in [0.25, 0.3) is 11.1 Å². The minimum atomic E-state index is -0.666. The Bertz CT molecular complexity index is 1380. The van der Waals surface area contributed by atoms with E-state index in [1.54, 1.807) is 18.2 Å². The molecular weight excluding hydrogens is 420 g/mol. The quantitative estimate of drug-likeness (QED) is 0.272. The van der Waals surface area contributed by atoms with E-state index in [1.807, 2.05) is 42.6 Å². The molecule has 10 nitrogen and oxygen atoms in total. The number of nitrogens with one attached hydrogen (secondary N) is 2. The van der Waals surface area contributed by atoms with Gasteiger partial charge in [-0.15, -0.1) is 0 Å². The zero-order valence-corrected chi connectivity index (χ0v) is 17.5. The zero-order chi connectivity index (χ0) is 23.5. The number of benzene rings is 2. The van der Waals surface area contributed by atoms with Crippen LogP contribution >= 0.6 is 0 Å². The topological polar surface area (TPSA) is 175 Å². The fraction of sp³-hybridized carbons (Fsp3) is 0.0870. The average Bonchev–Trinajstić information content (AvgIpc) is 2.83. The van der Waals surface area contributed by atoms with E-state index in [4.69, 9.17) is 21.5 Å². The van der Waals surface area contributed by atoms with Gasteiger partial charge in [-0.2, -0.15) is 10.5 Å². The van der Waals surface area contributed by atoms with Gasteiger partial charge in [0, 0.05) is 5.56 Å². The summed E-state index contributed by atoms with van der Waals surface area (Å²) in [6.07, 6.45) is 1.82. The molecule has 0 radical (unpaired) electrons. The highest BCUT2D eigenvalue weighted by Gasteiger charge is 2.29. The highest BCUT2D eigenvalue weighted by atomic mass is 16.5. The molecule has 10 heteroatoms. The molecule has 4 rings (SSSR count). The largest absolute Gasteiger partial charge is 0.465 e. The minimum absolute atomic E-state index is 0.0217. The van der Waals surface area contributed by atoms with Crippen molar-refractivity contribution in [1.82, 2.24) is 10.3 Å². The number of ether oxygens (including phenoxy) is 1. The number of fused-ring (bicyclic) bond motifs is 1. The monoisotopic (exact) mass is 438 g/mol. The summed E-state index contributed by atoms with van der Waals surface area (Å²) in [6.45, 7) is 0. The maximum atomic E-state index is 11.9. The van der Waals surface area contributed by atoms with Crippen molar-refractivity contribution >= 4 is 29.3 Å². The number of nitrogens with zero attached hydrogens (tertiary/aromatic N) is 4. The third kappa shape index (κ3) is 3.84. The molecule has 1 aliphatic rings. The Hall–Kier alpha value is -5.09. The van der Waals surface area contributed by atoms with Gasteiger partial charge in [0.25, 0.3) is 0 Å². The van der Waals surface area contributed by atoms with Gasteiger partial charge in [-0.25, -0.2) is 14.8 Å². The van der Waals surface area contributed by atoms with Gasteiger partial charge >= 0.3 is 5.97 Å². The van der Waals surface area contributed by atoms with E-state index in [-0.39, 0.29) is 23.0 Å². The molecule has 33 heavy (non-hydrogen) atoms. The number of carbonyl (C=O) groups excluding carboxylic acids is 1. The number of hydrogen-bond donors (Lipinski definition) is 4. The smallest absolute Gasteiger partial charge is 0.337 e. The van der Waals surface area contributed by atoms with Crippen molar-refractivity contribution in [3.05, 3.63) is 70.8 Å². The standard InChI is InChI=1S/C23H18N8O2/c1-33-22(32)15-7-3-5-13(9-15)12-4-2-6-14(8-12)19-17-18(26)16(10-24)20(27)30-21(17)31-23(29-19)28-11-25/h2-9,19H,1H3,(H6,26,27,28,29,30,31). The summed E-state index contributed by atoms with van der Waals surface area (Å²) in [5, 5.41) is 23.9.